The zero-order chi connectivity index (χ0) is 13.2. The number of non-ortho nitro benzene ring substituents is 1. The topological polar surface area (TPSA) is 92.5 Å². The van der Waals surface area contributed by atoms with Crippen molar-refractivity contribution in [1.29, 1.82) is 0 Å². The van der Waals surface area contributed by atoms with Crippen LogP contribution in [0.4, 0.5) is 5.69 Å². The lowest BCUT2D eigenvalue weighted by Crippen LogP contribution is -2.45. The van der Waals surface area contributed by atoms with Crippen LogP contribution in [0.3, 0.4) is 0 Å². The third-order valence-corrected chi connectivity index (χ3v) is 3.50. The highest BCUT2D eigenvalue weighted by Crippen LogP contribution is 2.34. The van der Waals surface area contributed by atoms with Gasteiger partial charge in [0.15, 0.2) is 0 Å². The van der Waals surface area contributed by atoms with Crippen LogP contribution in [0, 0.1) is 10.1 Å². The zero-order valence-corrected chi connectivity index (χ0v) is 9.76. The molecular weight excluding hydrogens is 236 g/mol. The molecular formula is C12H14N2O4. The van der Waals surface area contributed by atoms with E-state index in [4.69, 9.17) is 0 Å². The molecule has 0 unspecified atom stereocenters. The minimum atomic E-state index is -0.916. The summed E-state index contributed by atoms with van der Waals surface area (Å²) < 4.78 is 0. The molecule has 0 aromatic heterocycles. The van der Waals surface area contributed by atoms with E-state index in [0.717, 1.165) is 0 Å². The number of piperidine rings is 1. The highest BCUT2D eigenvalue weighted by atomic mass is 16.6. The van der Waals surface area contributed by atoms with Crippen molar-refractivity contribution in [2.24, 2.45) is 0 Å². The van der Waals surface area contributed by atoms with Gasteiger partial charge in [0.05, 0.1) is 10.3 Å². The third kappa shape index (κ3) is 2.06. The molecule has 0 radical (unpaired) electrons. The molecule has 1 saturated heterocycles. The standard InChI is InChI=1S/C12H14N2O4/c15-11(16)12(5-7-13-8-6-12)9-1-3-10(4-2-9)14(17)18/h1-4,13H,5-8H2,(H,15,16). The fraction of sp³-hybridized carbons (Fsp3) is 0.417. The number of nitro groups is 1. The molecule has 96 valence electrons. The van der Waals surface area contributed by atoms with Gasteiger partial charge in [0, 0.05) is 12.1 Å². The average Bonchev–Trinajstić information content (AvgIpc) is 2.39. The molecule has 1 aromatic carbocycles. The average molecular weight is 250 g/mol. The Kier molecular flexibility index (Phi) is 3.29. The normalized spacial score (nSPS) is 18.2. The smallest absolute Gasteiger partial charge is 0.314 e. The highest BCUT2D eigenvalue weighted by molar-refractivity contribution is 5.81. The molecule has 1 heterocycles. The maximum Gasteiger partial charge on any atom is 0.314 e. The van der Waals surface area contributed by atoms with Gasteiger partial charge < -0.3 is 10.4 Å². The monoisotopic (exact) mass is 250 g/mol. The molecule has 0 bridgehead atoms. The molecule has 0 spiro atoms. The van der Waals surface area contributed by atoms with Crippen molar-refractivity contribution in [1.82, 2.24) is 5.32 Å². The molecule has 6 nitrogen and oxygen atoms in total. The highest BCUT2D eigenvalue weighted by Gasteiger charge is 2.41. The molecule has 1 aliphatic rings. The van der Waals surface area contributed by atoms with Crippen LogP contribution in [-0.2, 0) is 10.2 Å². The molecule has 18 heavy (non-hydrogen) atoms. The Morgan fingerprint density at radius 1 is 1.28 bits per heavy atom. The summed E-state index contributed by atoms with van der Waals surface area (Å²) in [6, 6.07) is 5.83. The van der Waals surface area contributed by atoms with Crippen LogP contribution in [0.1, 0.15) is 18.4 Å². The molecule has 6 heteroatoms. The van der Waals surface area contributed by atoms with Crippen LogP contribution in [0.2, 0.25) is 0 Å². The number of aliphatic carboxylic acids is 1. The van der Waals surface area contributed by atoms with Crippen molar-refractivity contribution in [3.8, 4) is 0 Å². The van der Waals surface area contributed by atoms with E-state index in [9.17, 15) is 20.0 Å². The van der Waals surface area contributed by atoms with Crippen LogP contribution in [-0.4, -0.2) is 29.1 Å². The summed E-state index contributed by atoms with van der Waals surface area (Å²) in [6.45, 7) is 1.28. The van der Waals surface area contributed by atoms with E-state index < -0.39 is 16.3 Å². The second kappa shape index (κ2) is 4.73. The number of carboxylic acid groups (broad SMARTS) is 1. The van der Waals surface area contributed by atoms with Gasteiger partial charge in [-0.15, -0.1) is 0 Å². The first-order chi connectivity index (χ1) is 8.56. The summed E-state index contributed by atoms with van der Waals surface area (Å²) in [4.78, 5) is 21.6. The number of rotatable bonds is 3. The molecule has 0 aliphatic carbocycles. The summed E-state index contributed by atoms with van der Waals surface area (Å²) in [7, 11) is 0. The SMILES string of the molecule is O=C(O)C1(c2ccc([N+](=O)[O-])cc2)CCNCC1. The second-order valence-corrected chi connectivity index (χ2v) is 4.44. The Labute approximate surface area is 104 Å². The van der Waals surface area contributed by atoms with Crippen molar-refractivity contribution in [2.45, 2.75) is 18.3 Å². The summed E-state index contributed by atoms with van der Waals surface area (Å²) in [5, 5.41) is 23.2. The second-order valence-electron chi connectivity index (χ2n) is 4.44. The summed E-state index contributed by atoms with van der Waals surface area (Å²) in [6.07, 6.45) is 1.00. The number of nitro benzene ring substituents is 1. The molecule has 1 aliphatic heterocycles. The van der Waals surface area contributed by atoms with Crippen LogP contribution < -0.4 is 5.32 Å². The van der Waals surface area contributed by atoms with E-state index in [1.54, 1.807) is 12.1 Å². The molecule has 2 rings (SSSR count). The van der Waals surface area contributed by atoms with Gasteiger partial charge in [0.25, 0.3) is 5.69 Å². The van der Waals surface area contributed by atoms with E-state index >= 15 is 0 Å². The Hall–Kier alpha value is -1.95. The molecule has 1 aromatic rings. The fourth-order valence-corrected chi connectivity index (χ4v) is 2.38. The van der Waals surface area contributed by atoms with Gasteiger partial charge in [-0.3, -0.25) is 14.9 Å². The van der Waals surface area contributed by atoms with Crippen molar-refractivity contribution in [2.75, 3.05) is 13.1 Å². The lowest BCUT2D eigenvalue weighted by Gasteiger charge is -2.34. The number of hydrogen-bond donors (Lipinski definition) is 2. The maximum atomic E-state index is 11.5. The first kappa shape index (κ1) is 12.5. The van der Waals surface area contributed by atoms with Gasteiger partial charge >= 0.3 is 5.97 Å². The first-order valence-electron chi connectivity index (χ1n) is 5.75. The number of hydrogen-bond acceptors (Lipinski definition) is 4. The van der Waals surface area contributed by atoms with E-state index in [1.807, 2.05) is 0 Å². The van der Waals surface area contributed by atoms with Gasteiger partial charge in [0.1, 0.15) is 0 Å². The van der Waals surface area contributed by atoms with Gasteiger partial charge in [-0.25, -0.2) is 0 Å². The fourth-order valence-electron chi connectivity index (χ4n) is 2.38. The Morgan fingerprint density at radius 2 is 1.83 bits per heavy atom. The number of carboxylic acids is 1. The van der Waals surface area contributed by atoms with Crippen molar-refractivity contribution >= 4 is 11.7 Å². The Balaban J connectivity index is 2.37. The van der Waals surface area contributed by atoms with Crippen LogP contribution in [0.15, 0.2) is 24.3 Å². The van der Waals surface area contributed by atoms with Crippen LogP contribution in [0.5, 0.6) is 0 Å². The molecule has 2 N–H and O–H groups in total. The predicted octanol–water partition coefficient (Wildman–Crippen LogP) is 1.30. The molecule has 0 amide bonds. The molecule has 1 fully saturated rings. The Bertz CT molecular complexity index is 463. The largest absolute Gasteiger partial charge is 0.481 e. The number of nitrogens with one attached hydrogen (secondary N) is 1. The quantitative estimate of drug-likeness (QED) is 0.623. The number of carbonyl (C=O) groups is 1. The minimum Gasteiger partial charge on any atom is -0.481 e. The van der Waals surface area contributed by atoms with E-state index in [2.05, 4.69) is 5.32 Å². The van der Waals surface area contributed by atoms with E-state index in [0.29, 0.717) is 31.5 Å². The number of benzene rings is 1. The molecule has 0 atom stereocenters. The van der Waals surface area contributed by atoms with Crippen LogP contribution in [0.25, 0.3) is 0 Å². The van der Waals surface area contributed by atoms with Crippen molar-refractivity contribution < 1.29 is 14.8 Å². The molecule has 0 saturated carbocycles. The first-order valence-corrected chi connectivity index (χ1v) is 5.75. The number of nitrogens with zero attached hydrogens (tertiary/aromatic N) is 1. The summed E-state index contributed by atoms with van der Waals surface area (Å²) in [5.41, 5.74) is -0.296. The van der Waals surface area contributed by atoms with Gasteiger partial charge in [-0.2, -0.15) is 0 Å². The predicted molar refractivity (Wildman–Crippen MR) is 64.5 cm³/mol. The van der Waals surface area contributed by atoms with Gasteiger partial charge in [-0.05, 0) is 31.5 Å². The maximum absolute atomic E-state index is 11.5. The Morgan fingerprint density at radius 3 is 2.28 bits per heavy atom. The summed E-state index contributed by atoms with van der Waals surface area (Å²) in [5.74, 6) is -0.863. The van der Waals surface area contributed by atoms with E-state index in [-0.39, 0.29) is 5.69 Å². The lowest BCUT2D eigenvalue weighted by atomic mass is 9.73. The summed E-state index contributed by atoms with van der Waals surface area (Å²) >= 11 is 0. The van der Waals surface area contributed by atoms with Crippen molar-refractivity contribution in [3.63, 3.8) is 0 Å². The minimum absolute atomic E-state index is 0.0202. The lowest BCUT2D eigenvalue weighted by molar-refractivity contribution is -0.384. The van der Waals surface area contributed by atoms with Crippen LogP contribution >= 0.6 is 0 Å². The van der Waals surface area contributed by atoms with E-state index in [1.165, 1.54) is 12.1 Å². The van der Waals surface area contributed by atoms with Crippen molar-refractivity contribution in [3.05, 3.63) is 39.9 Å². The zero-order valence-electron chi connectivity index (χ0n) is 9.76. The van der Waals surface area contributed by atoms with Gasteiger partial charge in [-0.1, -0.05) is 12.1 Å². The third-order valence-electron chi connectivity index (χ3n) is 3.50. The van der Waals surface area contributed by atoms with Gasteiger partial charge in [0.2, 0.25) is 0 Å².